The summed E-state index contributed by atoms with van der Waals surface area (Å²) in [7, 11) is 0. The van der Waals surface area contributed by atoms with Gasteiger partial charge in [-0.3, -0.25) is 10.1 Å². The highest BCUT2D eigenvalue weighted by atomic mass is 16.5. The predicted molar refractivity (Wildman–Crippen MR) is 119 cm³/mol. The van der Waals surface area contributed by atoms with E-state index in [9.17, 15) is 4.79 Å². The number of amides is 1. The van der Waals surface area contributed by atoms with Crippen molar-refractivity contribution in [3.63, 3.8) is 0 Å². The van der Waals surface area contributed by atoms with E-state index in [1.165, 1.54) is 5.56 Å². The molecule has 2 N–H and O–H groups in total. The van der Waals surface area contributed by atoms with Gasteiger partial charge in [0.15, 0.2) is 0 Å². The molecule has 0 fully saturated rings. The van der Waals surface area contributed by atoms with Crippen molar-refractivity contribution in [3.8, 4) is 17.2 Å². The van der Waals surface area contributed by atoms with Gasteiger partial charge in [-0.1, -0.05) is 53.1 Å². The van der Waals surface area contributed by atoms with Crippen LogP contribution in [0.5, 0.6) is 5.75 Å². The van der Waals surface area contributed by atoms with Crippen LogP contribution in [0.4, 0.5) is 11.7 Å². The Morgan fingerprint density at radius 3 is 2.42 bits per heavy atom. The monoisotopic (exact) mass is 414 g/mol. The summed E-state index contributed by atoms with van der Waals surface area (Å²) < 4.78 is 11.3. The molecule has 3 aromatic carbocycles. The fourth-order valence-electron chi connectivity index (χ4n) is 2.84. The van der Waals surface area contributed by atoms with Crippen LogP contribution in [-0.4, -0.2) is 22.6 Å². The summed E-state index contributed by atoms with van der Waals surface area (Å²) >= 11 is 0. The number of hydrogen-bond donors (Lipinski definition) is 2. The van der Waals surface area contributed by atoms with Crippen LogP contribution in [-0.2, 0) is 11.4 Å². The average Bonchev–Trinajstić information content (AvgIpc) is 3.27. The Bertz CT molecular complexity index is 1120. The fourth-order valence-corrected chi connectivity index (χ4v) is 2.84. The predicted octanol–water partition coefficient (Wildman–Crippen LogP) is 4.67. The number of carbonyl (C=O) groups is 1. The molecule has 156 valence electrons. The van der Waals surface area contributed by atoms with Crippen molar-refractivity contribution < 1.29 is 13.9 Å². The lowest BCUT2D eigenvalue weighted by Crippen LogP contribution is -2.21. The number of rotatable bonds is 8. The van der Waals surface area contributed by atoms with Crippen molar-refractivity contribution in [1.29, 1.82) is 0 Å². The van der Waals surface area contributed by atoms with Crippen LogP contribution < -0.4 is 15.4 Å². The molecule has 0 unspecified atom stereocenters. The lowest BCUT2D eigenvalue weighted by molar-refractivity contribution is -0.114. The Morgan fingerprint density at radius 2 is 1.68 bits per heavy atom. The molecule has 0 atom stereocenters. The number of benzene rings is 3. The van der Waals surface area contributed by atoms with Gasteiger partial charge in [-0.2, -0.15) is 0 Å². The van der Waals surface area contributed by atoms with Gasteiger partial charge in [0, 0.05) is 11.3 Å². The summed E-state index contributed by atoms with van der Waals surface area (Å²) in [4.78, 5) is 12.2. The highest BCUT2D eigenvalue weighted by Gasteiger charge is 2.11. The molecular formula is C24H22N4O3. The first-order valence-electron chi connectivity index (χ1n) is 9.87. The van der Waals surface area contributed by atoms with Crippen LogP contribution in [0.25, 0.3) is 11.5 Å². The molecule has 0 radical (unpaired) electrons. The Hall–Kier alpha value is -4.13. The third-order valence-corrected chi connectivity index (χ3v) is 4.53. The maximum atomic E-state index is 12.2. The molecule has 0 aliphatic rings. The molecule has 0 spiro atoms. The van der Waals surface area contributed by atoms with Gasteiger partial charge in [-0.15, -0.1) is 5.10 Å². The van der Waals surface area contributed by atoms with Crippen LogP contribution in [0.15, 0.2) is 83.3 Å². The smallest absolute Gasteiger partial charge is 0.322 e. The molecule has 7 heteroatoms. The fraction of sp³-hybridized carbons (Fsp3) is 0.125. The molecule has 0 saturated carbocycles. The Morgan fingerprint density at radius 1 is 0.935 bits per heavy atom. The van der Waals surface area contributed by atoms with Crippen LogP contribution in [0.1, 0.15) is 11.1 Å². The highest BCUT2D eigenvalue weighted by Crippen LogP contribution is 2.19. The number of anilines is 2. The topological polar surface area (TPSA) is 89.3 Å². The van der Waals surface area contributed by atoms with Crippen LogP contribution in [0.2, 0.25) is 0 Å². The summed E-state index contributed by atoms with van der Waals surface area (Å²) in [5.41, 5.74) is 3.92. The minimum Gasteiger partial charge on any atom is -0.489 e. The zero-order valence-corrected chi connectivity index (χ0v) is 17.0. The van der Waals surface area contributed by atoms with Crippen LogP contribution in [0, 0.1) is 6.92 Å². The Balaban J connectivity index is 1.24. The molecule has 4 aromatic rings. The summed E-state index contributed by atoms with van der Waals surface area (Å²) in [6, 6.07) is 25.1. The average molecular weight is 414 g/mol. The highest BCUT2D eigenvalue weighted by molar-refractivity contribution is 5.91. The second kappa shape index (κ2) is 9.58. The molecular weight excluding hydrogens is 392 g/mol. The van der Waals surface area contributed by atoms with Crippen molar-refractivity contribution >= 4 is 17.6 Å². The summed E-state index contributed by atoms with van der Waals surface area (Å²) in [5, 5.41) is 13.4. The van der Waals surface area contributed by atoms with Gasteiger partial charge in [-0.25, -0.2) is 0 Å². The first kappa shape index (κ1) is 20.2. The summed E-state index contributed by atoms with van der Waals surface area (Å²) in [5.74, 6) is 0.822. The zero-order valence-electron chi connectivity index (χ0n) is 17.0. The largest absolute Gasteiger partial charge is 0.489 e. The molecule has 4 rings (SSSR count). The van der Waals surface area contributed by atoms with Crippen molar-refractivity contribution in [2.24, 2.45) is 0 Å². The normalized spacial score (nSPS) is 10.5. The van der Waals surface area contributed by atoms with E-state index in [1.807, 2.05) is 54.6 Å². The van der Waals surface area contributed by atoms with Gasteiger partial charge in [0.2, 0.25) is 11.8 Å². The molecule has 0 aliphatic heterocycles. The van der Waals surface area contributed by atoms with E-state index in [1.54, 1.807) is 0 Å². The van der Waals surface area contributed by atoms with Crippen LogP contribution in [0.3, 0.4) is 0 Å². The first-order chi connectivity index (χ1) is 15.2. The molecule has 31 heavy (non-hydrogen) atoms. The van der Waals surface area contributed by atoms with Crippen molar-refractivity contribution in [3.05, 3.63) is 90.0 Å². The number of aryl methyl sites for hydroxylation is 1. The van der Waals surface area contributed by atoms with Crippen LogP contribution >= 0.6 is 0 Å². The van der Waals surface area contributed by atoms with Crippen molar-refractivity contribution in [2.45, 2.75) is 13.5 Å². The number of carbonyl (C=O) groups excluding carboxylic acids is 1. The van der Waals surface area contributed by atoms with Gasteiger partial charge >= 0.3 is 6.01 Å². The van der Waals surface area contributed by atoms with E-state index in [-0.39, 0.29) is 18.5 Å². The zero-order chi connectivity index (χ0) is 21.5. The molecule has 0 aliphatic carbocycles. The standard InChI is InChI=1S/C24H22N4O3/c1-17-7-9-18(10-8-17)16-30-21-13-11-20(12-14-21)25-15-22(29)26-24-28-27-23(31-24)19-5-3-2-4-6-19/h2-14,25H,15-16H2,1H3,(H,26,28,29). The minimum absolute atomic E-state index is 0.0607. The second-order valence-electron chi connectivity index (χ2n) is 6.98. The van der Waals surface area contributed by atoms with E-state index in [0.717, 1.165) is 22.6 Å². The molecule has 0 bridgehead atoms. The lowest BCUT2D eigenvalue weighted by atomic mass is 10.2. The second-order valence-corrected chi connectivity index (χ2v) is 6.98. The SMILES string of the molecule is Cc1ccc(COc2ccc(NCC(=O)Nc3nnc(-c4ccccc4)o3)cc2)cc1. The third kappa shape index (κ3) is 5.70. The van der Waals surface area contributed by atoms with Gasteiger partial charge in [0.1, 0.15) is 12.4 Å². The van der Waals surface area contributed by atoms with E-state index in [2.05, 4.69) is 52.0 Å². The maximum absolute atomic E-state index is 12.2. The van der Waals surface area contributed by atoms with Gasteiger partial charge in [0.25, 0.3) is 0 Å². The maximum Gasteiger partial charge on any atom is 0.322 e. The van der Waals surface area contributed by atoms with E-state index >= 15 is 0 Å². The van der Waals surface area contributed by atoms with E-state index < -0.39 is 0 Å². The lowest BCUT2D eigenvalue weighted by Gasteiger charge is -2.09. The van der Waals surface area contributed by atoms with Crippen molar-refractivity contribution in [2.75, 3.05) is 17.2 Å². The number of ether oxygens (including phenoxy) is 1. The van der Waals surface area contributed by atoms with Gasteiger partial charge in [-0.05, 0) is 48.9 Å². The Kier molecular flexibility index (Phi) is 6.23. The minimum atomic E-state index is -0.289. The number of nitrogens with zero attached hydrogens (tertiary/aromatic N) is 2. The molecule has 1 amide bonds. The summed E-state index contributed by atoms with van der Waals surface area (Å²) in [6.45, 7) is 2.62. The molecule has 0 saturated heterocycles. The summed E-state index contributed by atoms with van der Waals surface area (Å²) in [6.07, 6.45) is 0. The Labute approximate surface area is 180 Å². The molecule has 7 nitrogen and oxygen atoms in total. The molecule has 1 heterocycles. The third-order valence-electron chi connectivity index (χ3n) is 4.53. The number of hydrogen-bond acceptors (Lipinski definition) is 6. The number of aromatic nitrogens is 2. The van der Waals surface area contributed by atoms with Gasteiger partial charge < -0.3 is 14.5 Å². The van der Waals surface area contributed by atoms with Gasteiger partial charge in [0.05, 0.1) is 6.54 Å². The molecule has 1 aromatic heterocycles. The number of nitrogens with one attached hydrogen (secondary N) is 2. The van der Waals surface area contributed by atoms with E-state index in [4.69, 9.17) is 9.15 Å². The quantitative estimate of drug-likeness (QED) is 0.435. The first-order valence-corrected chi connectivity index (χ1v) is 9.87. The van der Waals surface area contributed by atoms with E-state index in [0.29, 0.717) is 12.5 Å². The van der Waals surface area contributed by atoms with Crippen molar-refractivity contribution in [1.82, 2.24) is 10.2 Å².